The van der Waals surface area contributed by atoms with Gasteiger partial charge in [0.05, 0.1) is 6.10 Å². The first-order chi connectivity index (χ1) is 7.44. The second-order valence-corrected chi connectivity index (χ2v) is 4.63. The Hall–Kier alpha value is -0.550. The average molecular weight is 252 g/mol. The SMILES string of the molecule is CCc1ccsc1C(O)CCCC(F)(F)F. The molecular formula is C11H15F3OS. The van der Waals surface area contributed by atoms with E-state index in [1.807, 2.05) is 18.4 Å². The van der Waals surface area contributed by atoms with Gasteiger partial charge in [0.15, 0.2) is 0 Å². The molecule has 0 amide bonds. The van der Waals surface area contributed by atoms with Crippen molar-refractivity contribution in [2.75, 3.05) is 0 Å². The van der Waals surface area contributed by atoms with E-state index in [9.17, 15) is 18.3 Å². The van der Waals surface area contributed by atoms with Gasteiger partial charge in [-0.05, 0) is 36.3 Å². The predicted molar refractivity (Wildman–Crippen MR) is 58.6 cm³/mol. The van der Waals surface area contributed by atoms with Crippen molar-refractivity contribution in [1.29, 1.82) is 0 Å². The van der Waals surface area contributed by atoms with Crippen molar-refractivity contribution in [3.05, 3.63) is 21.9 Å². The van der Waals surface area contributed by atoms with Gasteiger partial charge in [0.1, 0.15) is 0 Å². The van der Waals surface area contributed by atoms with Crippen LogP contribution in [-0.4, -0.2) is 11.3 Å². The van der Waals surface area contributed by atoms with E-state index in [4.69, 9.17) is 0 Å². The molecule has 1 atom stereocenters. The summed E-state index contributed by atoms with van der Waals surface area (Å²) >= 11 is 1.41. The summed E-state index contributed by atoms with van der Waals surface area (Å²) in [6, 6.07) is 1.91. The number of alkyl halides is 3. The number of hydrogen-bond donors (Lipinski definition) is 1. The molecule has 1 heterocycles. The summed E-state index contributed by atoms with van der Waals surface area (Å²) in [6.07, 6.45) is -4.75. The Morgan fingerprint density at radius 2 is 2.12 bits per heavy atom. The standard InChI is InChI=1S/C11H15F3OS/c1-2-8-5-7-16-10(8)9(15)4-3-6-11(12,13)14/h5,7,9,15H,2-4,6H2,1H3. The van der Waals surface area contributed by atoms with Crippen molar-refractivity contribution in [2.24, 2.45) is 0 Å². The molecule has 0 aliphatic rings. The second kappa shape index (κ2) is 5.68. The molecule has 1 aromatic heterocycles. The Labute approximate surface area is 96.9 Å². The molecule has 0 aromatic carbocycles. The highest BCUT2D eigenvalue weighted by Gasteiger charge is 2.27. The number of rotatable bonds is 5. The lowest BCUT2D eigenvalue weighted by molar-refractivity contribution is -0.136. The quantitative estimate of drug-likeness (QED) is 0.837. The zero-order valence-electron chi connectivity index (χ0n) is 9.05. The molecule has 1 rings (SSSR count). The maximum Gasteiger partial charge on any atom is 0.389 e. The van der Waals surface area contributed by atoms with E-state index in [1.165, 1.54) is 11.3 Å². The zero-order valence-corrected chi connectivity index (χ0v) is 9.87. The van der Waals surface area contributed by atoms with E-state index in [1.54, 1.807) is 0 Å². The Morgan fingerprint density at radius 1 is 1.44 bits per heavy atom. The number of aliphatic hydroxyl groups is 1. The maximum atomic E-state index is 11.9. The summed E-state index contributed by atoms with van der Waals surface area (Å²) in [7, 11) is 0. The monoisotopic (exact) mass is 252 g/mol. The normalized spacial score (nSPS) is 14.1. The molecule has 0 radical (unpaired) electrons. The van der Waals surface area contributed by atoms with Gasteiger partial charge in [0, 0.05) is 11.3 Å². The van der Waals surface area contributed by atoms with Crippen LogP contribution < -0.4 is 0 Å². The van der Waals surface area contributed by atoms with Crippen molar-refractivity contribution in [2.45, 2.75) is 44.9 Å². The Bertz CT molecular complexity index is 319. The van der Waals surface area contributed by atoms with E-state index in [0.717, 1.165) is 16.9 Å². The first-order valence-corrected chi connectivity index (χ1v) is 6.13. The first kappa shape index (κ1) is 13.5. The van der Waals surface area contributed by atoms with Crippen molar-refractivity contribution in [3.8, 4) is 0 Å². The molecule has 1 N–H and O–H groups in total. The summed E-state index contributed by atoms with van der Waals surface area (Å²) < 4.78 is 35.7. The van der Waals surface area contributed by atoms with Crippen molar-refractivity contribution in [1.82, 2.24) is 0 Å². The van der Waals surface area contributed by atoms with Gasteiger partial charge < -0.3 is 5.11 Å². The highest BCUT2D eigenvalue weighted by atomic mass is 32.1. The molecule has 0 spiro atoms. The largest absolute Gasteiger partial charge is 0.389 e. The number of thiophene rings is 1. The maximum absolute atomic E-state index is 11.9. The number of aliphatic hydroxyl groups excluding tert-OH is 1. The summed E-state index contributed by atoms with van der Waals surface area (Å²) in [5, 5.41) is 11.6. The van der Waals surface area contributed by atoms with Crippen LogP contribution >= 0.6 is 11.3 Å². The fourth-order valence-corrected chi connectivity index (χ4v) is 2.58. The van der Waals surface area contributed by atoms with Crippen LogP contribution in [0.2, 0.25) is 0 Å². The highest BCUT2D eigenvalue weighted by Crippen LogP contribution is 2.30. The molecule has 0 fully saturated rings. The third kappa shape index (κ3) is 4.14. The molecule has 92 valence electrons. The molecule has 0 bridgehead atoms. The summed E-state index contributed by atoms with van der Waals surface area (Å²) in [5.41, 5.74) is 1.03. The van der Waals surface area contributed by atoms with Crippen molar-refractivity contribution >= 4 is 11.3 Å². The average Bonchev–Trinajstić information content (AvgIpc) is 2.63. The van der Waals surface area contributed by atoms with Crippen LogP contribution in [0.15, 0.2) is 11.4 Å². The van der Waals surface area contributed by atoms with Crippen molar-refractivity contribution < 1.29 is 18.3 Å². The fourth-order valence-electron chi connectivity index (χ4n) is 1.56. The summed E-state index contributed by atoms with van der Waals surface area (Å²) in [5.74, 6) is 0. The number of aryl methyl sites for hydroxylation is 1. The van der Waals surface area contributed by atoms with Crippen LogP contribution in [0, 0.1) is 0 Å². The number of halogens is 3. The number of hydrogen-bond acceptors (Lipinski definition) is 2. The van der Waals surface area contributed by atoms with Gasteiger partial charge >= 0.3 is 6.18 Å². The highest BCUT2D eigenvalue weighted by molar-refractivity contribution is 7.10. The predicted octanol–water partition coefficient (Wildman–Crippen LogP) is 4.08. The minimum atomic E-state index is -4.12. The molecular weight excluding hydrogens is 237 g/mol. The van der Waals surface area contributed by atoms with Gasteiger partial charge in [-0.3, -0.25) is 0 Å². The summed E-state index contributed by atoms with van der Waals surface area (Å²) in [6.45, 7) is 1.97. The third-order valence-electron chi connectivity index (χ3n) is 2.40. The van der Waals surface area contributed by atoms with Crippen LogP contribution in [0.5, 0.6) is 0 Å². The van der Waals surface area contributed by atoms with Gasteiger partial charge in [-0.2, -0.15) is 13.2 Å². The molecule has 1 aromatic rings. The topological polar surface area (TPSA) is 20.2 Å². The minimum absolute atomic E-state index is 0.0221. The molecule has 16 heavy (non-hydrogen) atoms. The van der Waals surface area contributed by atoms with E-state index >= 15 is 0 Å². The Morgan fingerprint density at radius 3 is 2.69 bits per heavy atom. The van der Waals surface area contributed by atoms with Gasteiger partial charge in [-0.1, -0.05) is 6.92 Å². The van der Waals surface area contributed by atoms with Crippen molar-refractivity contribution in [3.63, 3.8) is 0 Å². The van der Waals surface area contributed by atoms with Gasteiger partial charge in [-0.25, -0.2) is 0 Å². The molecule has 0 saturated carbocycles. The van der Waals surface area contributed by atoms with Crippen LogP contribution in [0.3, 0.4) is 0 Å². The zero-order chi connectivity index (χ0) is 12.2. The van der Waals surface area contributed by atoms with Crippen LogP contribution in [0.25, 0.3) is 0 Å². The molecule has 0 aliphatic carbocycles. The lowest BCUT2D eigenvalue weighted by atomic mass is 10.1. The van der Waals surface area contributed by atoms with Gasteiger partial charge in [0.25, 0.3) is 0 Å². The van der Waals surface area contributed by atoms with E-state index in [-0.39, 0.29) is 12.8 Å². The smallest absolute Gasteiger partial charge is 0.388 e. The fraction of sp³-hybridized carbons (Fsp3) is 0.636. The van der Waals surface area contributed by atoms with Crippen LogP contribution in [0.1, 0.15) is 42.7 Å². The molecule has 1 nitrogen and oxygen atoms in total. The summed E-state index contributed by atoms with van der Waals surface area (Å²) in [4.78, 5) is 0.810. The Balaban J connectivity index is 2.44. The first-order valence-electron chi connectivity index (χ1n) is 5.25. The second-order valence-electron chi connectivity index (χ2n) is 3.69. The lowest BCUT2D eigenvalue weighted by Gasteiger charge is -2.11. The van der Waals surface area contributed by atoms with E-state index in [2.05, 4.69) is 0 Å². The van der Waals surface area contributed by atoms with Crippen LogP contribution in [-0.2, 0) is 6.42 Å². The van der Waals surface area contributed by atoms with Crippen LogP contribution in [0.4, 0.5) is 13.2 Å². The van der Waals surface area contributed by atoms with E-state index < -0.39 is 18.7 Å². The molecule has 5 heteroatoms. The Kier molecular flexibility index (Phi) is 4.80. The molecule has 0 aliphatic heterocycles. The third-order valence-corrected chi connectivity index (χ3v) is 3.46. The molecule has 1 unspecified atom stereocenters. The minimum Gasteiger partial charge on any atom is -0.388 e. The van der Waals surface area contributed by atoms with Gasteiger partial charge in [0.2, 0.25) is 0 Å². The lowest BCUT2D eigenvalue weighted by Crippen LogP contribution is -2.08. The van der Waals surface area contributed by atoms with E-state index in [0.29, 0.717) is 0 Å². The van der Waals surface area contributed by atoms with Gasteiger partial charge in [-0.15, -0.1) is 11.3 Å². The molecule has 0 saturated heterocycles.